The van der Waals surface area contributed by atoms with E-state index in [-0.39, 0.29) is 11.9 Å². The maximum Gasteiger partial charge on any atom is 0.258 e. The van der Waals surface area contributed by atoms with Crippen LogP contribution in [0.4, 0.5) is 5.95 Å². The minimum atomic E-state index is -0.313. The van der Waals surface area contributed by atoms with Gasteiger partial charge in [-0.25, -0.2) is 15.0 Å². The number of nitrogens with one attached hydrogen (secondary N) is 1. The van der Waals surface area contributed by atoms with E-state index >= 15 is 0 Å². The highest BCUT2D eigenvalue weighted by molar-refractivity contribution is 6.66. The van der Waals surface area contributed by atoms with Gasteiger partial charge in [0, 0.05) is 29.2 Å². The summed E-state index contributed by atoms with van der Waals surface area (Å²) in [4.78, 5) is 26.3. The molecule has 0 atom stereocenters. The van der Waals surface area contributed by atoms with E-state index in [2.05, 4.69) is 20.3 Å². The van der Waals surface area contributed by atoms with Crippen molar-refractivity contribution in [2.45, 2.75) is 6.92 Å². The maximum absolute atomic E-state index is 13.1. The fraction of sp³-hybridized carbons (Fsp3) is 0.100. The number of hydrogen-bond acceptors (Lipinski definition) is 4. The Balaban J connectivity index is 1.71. The molecule has 0 fully saturated rings. The molecule has 150 valence electrons. The summed E-state index contributed by atoms with van der Waals surface area (Å²) in [6, 6.07) is 5.95. The maximum atomic E-state index is 13.1. The average Bonchev–Trinajstić information content (AvgIpc) is 3.09. The fourth-order valence-corrected chi connectivity index (χ4v) is 4.08. The normalized spacial score (nSPS) is 11.1. The molecule has 0 bridgehead atoms. The Labute approximate surface area is 189 Å². The number of aryl methyl sites for hydroxylation is 1. The molecule has 6 nitrogen and oxygen atoms in total. The Morgan fingerprint density at radius 3 is 2.42 bits per heavy atom. The van der Waals surface area contributed by atoms with Gasteiger partial charge in [-0.05, 0) is 13.0 Å². The van der Waals surface area contributed by atoms with Gasteiger partial charge in [-0.3, -0.25) is 10.1 Å². The second-order valence-electron chi connectivity index (χ2n) is 7.86. The van der Waals surface area contributed by atoms with Crippen LogP contribution in [0.3, 0.4) is 0 Å². The SMILES string of the molecule is Bc1c(B)c(B)c(C(=O)Nc2ncc3ccc(-c4cnc(C)n4C)cc3n2)c(Cl)c1B. The second-order valence-corrected chi connectivity index (χ2v) is 8.24. The van der Waals surface area contributed by atoms with Crippen molar-refractivity contribution in [1.29, 1.82) is 0 Å². The third-order valence-corrected chi connectivity index (χ3v) is 6.63. The third-order valence-electron chi connectivity index (χ3n) is 6.16. The summed E-state index contributed by atoms with van der Waals surface area (Å²) < 4.78 is 2.03. The molecule has 0 saturated carbocycles. The van der Waals surface area contributed by atoms with E-state index in [1.807, 2.05) is 74.3 Å². The molecule has 2 aromatic carbocycles. The van der Waals surface area contributed by atoms with Crippen molar-refractivity contribution in [3.63, 3.8) is 0 Å². The molecule has 0 aliphatic carbocycles. The summed E-state index contributed by atoms with van der Waals surface area (Å²) in [5, 5.41) is 4.17. The molecule has 0 spiro atoms. The number of fused-ring (bicyclic) bond motifs is 1. The van der Waals surface area contributed by atoms with E-state index in [1.165, 1.54) is 0 Å². The standard InChI is InChI=1S/C20H20B4ClN5O/c1-8-26-7-12(30(8)2)9-3-4-10-6-27-20(28-11(10)5-9)29-19(31)13-14(21)15(22)16(23)17(24)18(13)25/h3-7H,21-24H2,1-2H3,(H,27,28,29,31). The minimum absolute atomic E-state index is 0.238. The molecule has 0 aliphatic heterocycles. The largest absolute Gasteiger partial charge is 0.331 e. The monoisotopic (exact) mass is 425 g/mol. The van der Waals surface area contributed by atoms with Crippen LogP contribution in [0.2, 0.25) is 5.02 Å². The molecule has 2 heterocycles. The van der Waals surface area contributed by atoms with Crippen molar-refractivity contribution in [2.24, 2.45) is 7.05 Å². The molecule has 2 aromatic heterocycles. The number of anilines is 1. The number of amides is 1. The molecular formula is C20H20B4ClN5O. The van der Waals surface area contributed by atoms with Gasteiger partial charge in [0.05, 0.1) is 23.0 Å². The topological polar surface area (TPSA) is 72.7 Å². The molecular weight excluding hydrogens is 405 g/mol. The number of imidazole rings is 1. The molecule has 0 radical (unpaired) electrons. The summed E-state index contributed by atoms with van der Waals surface area (Å²) in [6.45, 7) is 1.96. The van der Waals surface area contributed by atoms with E-state index in [0.717, 1.165) is 49.8 Å². The Hall–Kier alpha value is -2.99. The molecule has 0 unspecified atom stereocenters. The van der Waals surface area contributed by atoms with Gasteiger partial charge in [0.15, 0.2) is 0 Å². The van der Waals surface area contributed by atoms with Gasteiger partial charge < -0.3 is 4.57 Å². The highest BCUT2D eigenvalue weighted by atomic mass is 35.5. The zero-order valence-corrected chi connectivity index (χ0v) is 19.2. The predicted octanol–water partition coefficient (Wildman–Crippen LogP) is -2.72. The number of nitrogens with zero attached hydrogens (tertiary/aromatic N) is 4. The van der Waals surface area contributed by atoms with Crippen LogP contribution in [-0.2, 0) is 7.05 Å². The molecule has 4 aromatic rings. The zero-order chi connectivity index (χ0) is 22.4. The highest BCUT2D eigenvalue weighted by Gasteiger charge is 2.20. The van der Waals surface area contributed by atoms with Crippen molar-refractivity contribution in [2.75, 3.05) is 5.32 Å². The van der Waals surface area contributed by atoms with Crippen LogP contribution in [0.5, 0.6) is 0 Å². The summed E-state index contributed by atoms with van der Waals surface area (Å²) in [7, 11) is 9.82. The van der Waals surface area contributed by atoms with Crippen molar-refractivity contribution >= 4 is 87.6 Å². The van der Waals surface area contributed by atoms with Gasteiger partial charge in [-0.15, -0.1) is 10.9 Å². The molecule has 0 saturated heterocycles. The van der Waals surface area contributed by atoms with Crippen LogP contribution < -0.4 is 27.2 Å². The number of benzene rings is 2. The Morgan fingerprint density at radius 2 is 1.74 bits per heavy atom. The van der Waals surface area contributed by atoms with Crippen LogP contribution in [-0.4, -0.2) is 56.8 Å². The molecule has 31 heavy (non-hydrogen) atoms. The first kappa shape index (κ1) is 21.2. The first-order valence-electron chi connectivity index (χ1n) is 10.0. The van der Waals surface area contributed by atoms with Crippen molar-refractivity contribution in [3.05, 3.63) is 47.0 Å². The number of halogens is 1. The number of carbonyl (C=O) groups excluding carboxylic acids is 1. The van der Waals surface area contributed by atoms with Gasteiger partial charge in [-0.2, -0.15) is 0 Å². The van der Waals surface area contributed by atoms with Gasteiger partial charge in [0.2, 0.25) is 5.95 Å². The quantitative estimate of drug-likeness (QED) is 0.363. The smallest absolute Gasteiger partial charge is 0.258 e. The molecule has 11 heteroatoms. The predicted molar refractivity (Wildman–Crippen MR) is 139 cm³/mol. The lowest BCUT2D eigenvalue weighted by molar-refractivity contribution is 0.102. The van der Waals surface area contributed by atoms with Crippen molar-refractivity contribution in [3.8, 4) is 11.3 Å². The number of rotatable bonds is 3. The number of hydrogen-bond donors (Lipinski definition) is 1. The summed E-state index contributed by atoms with van der Waals surface area (Å²) in [6.07, 6.45) is 3.55. The van der Waals surface area contributed by atoms with Gasteiger partial charge in [-0.1, -0.05) is 34.7 Å². The van der Waals surface area contributed by atoms with Gasteiger partial charge in [0.1, 0.15) is 37.2 Å². The Bertz CT molecular complexity index is 1340. The average molecular weight is 425 g/mol. The van der Waals surface area contributed by atoms with Crippen LogP contribution >= 0.6 is 11.6 Å². The highest BCUT2D eigenvalue weighted by Crippen LogP contribution is 2.24. The summed E-state index contributed by atoms with van der Waals surface area (Å²) >= 11 is 6.53. The van der Waals surface area contributed by atoms with E-state index < -0.39 is 0 Å². The lowest BCUT2D eigenvalue weighted by atomic mass is 9.65. The molecule has 0 aliphatic rings. The van der Waals surface area contributed by atoms with Crippen LogP contribution in [0.15, 0.2) is 30.6 Å². The lowest BCUT2D eigenvalue weighted by Crippen LogP contribution is -2.50. The number of carbonyl (C=O) groups is 1. The first-order valence-corrected chi connectivity index (χ1v) is 10.4. The van der Waals surface area contributed by atoms with Crippen LogP contribution in [0, 0.1) is 6.92 Å². The fourth-order valence-electron chi connectivity index (χ4n) is 3.71. The Morgan fingerprint density at radius 1 is 1.03 bits per heavy atom. The van der Waals surface area contributed by atoms with Gasteiger partial charge >= 0.3 is 0 Å². The lowest BCUT2D eigenvalue weighted by Gasteiger charge is -2.17. The van der Waals surface area contributed by atoms with Crippen LogP contribution in [0.1, 0.15) is 16.2 Å². The first-order chi connectivity index (χ1) is 14.7. The Kier molecular flexibility index (Phi) is 5.43. The van der Waals surface area contributed by atoms with Crippen molar-refractivity contribution in [1.82, 2.24) is 19.5 Å². The third kappa shape index (κ3) is 3.65. The van der Waals surface area contributed by atoms with Crippen molar-refractivity contribution < 1.29 is 4.79 Å². The zero-order valence-electron chi connectivity index (χ0n) is 18.5. The van der Waals surface area contributed by atoms with E-state index in [4.69, 9.17) is 11.6 Å². The molecule has 1 amide bonds. The molecule has 4 rings (SSSR count). The summed E-state index contributed by atoms with van der Waals surface area (Å²) in [5.41, 5.74) is 7.12. The number of aromatic nitrogens is 4. The summed E-state index contributed by atoms with van der Waals surface area (Å²) in [5.74, 6) is 0.857. The minimum Gasteiger partial charge on any atom is -0.331 e. The molecule has 1 N–H and O–H groups in total. The van der Waals surface area contributed by atoms with Crippen LogP contribution in [0.25, 0.3) is 22.2 Å². The van der Waals surface area contributed by atoms with E-state index in [1.54, 1.807) is 6.20 Å². The second kappa shape index (κ2) is 7.93. The van der Waals surface area contributed by atoms with E-state index in [0.29, 0.717) is 10.6 Å². The van der Waals surface area contributed by atoms with Gasteiger partial charge in [0.25, 0.3) is 5.91 Å². The van der Waals surface area contributed by atoms with E-state index in [9.17, 15) is 4.79 Å².